The number of rotatable bonds is 8. The largest absolute Gasteiger partial charge is 0.372 e. The van der Waals surface area contributed by atoms with Crippen LogP contribution in [0.3, 0.4) is 0 Å². The molecule has 226 valence electrons. The maximum absolute atomic E-state index is 13.2. The molecule has 0 bridgehead atoms. The lowest BCUT2D eigenvalue weighted by molar-refractivity contribution is -0.385. The maximum atomic E-state index is 13.2. The van der Waals surface area contributed by atoms with E-state index in [-0.39, 0.29) is 26.0 Å². The quantitative estimate of drug-likeness (QED) is 0.0844. The highest BCUT2D eigenvalue weighted by Gasteiger charge is 2.27. The van der Waals surface area contributed by atoms with E-state index >= 15 is 0 Å². The van der Waals surface area contributed by atoms with Crippen molar-refractivity contribution in [2.24, 2.45) is 0 Å². The van der Waals surface area contributed by atoms with Gasteiger partial charge in [0.05, 0.1) is 26.2 Å². The minimum atomic E-state index is -4.34. The van der Waals surface area contributed by atoms with Crippen LogP contribution in [0, 0.1) is 17.0 Å². The molecule has 0 aromatic heterocycles. The minimum Gasteiger partial charge on any atom is -0.372 e. The first-order chi connectivity index (χ1) is 20.7. The smallest absolute Gasteiger partial charge is 0.339 e. The second kappa shape index (κ2) is 12.5. The predicted octanol–water partition coefficient (Wildman–Crippen LogP) is 7.26. The highest BCUT2D eigenvalue weighted by Crippen LogP contribution is 2.41. The van der Waals surface area contributed by atoms with Crippen molar-refractivity contribution in [1.82, 2.24) is 0 Å². The van der Waals surface area contributed by atoms with Gasteiger partial charge in [-0.15, -0.1) is 0 Å². The molecule has 0 saturated heterocycles. The highest BCUT2D eigenvalue weighted by atomic mass is 79.9. The number of benzene rings is 4. The van der Waals surface area contributed by atoms with E-state index < -0.39 is 42.2 Å². The van der Waals surface area contributed by atoms with E-state index in [9.17, 15) is 31.7 Å². The first-order valence-electron chi connectivity index (χ1n) is 12.5. The summed E-state index contributed by atoms with van der Waals surface area (Å²) < 4.78 is 58.2. The first kappa shape index (κ1) is 31.9. The van der Waals surface area contributed by atoms with Gasteiger partial charge in [-0.2, -0.15) is 8.42 Å². The molecule has 1 N–H and O–H groups in total. The molecule has 0 atom stereocenters. The van der Waals surface area contributed by atoms with E-state index in [1.165, 1.54) is 36.4 Å². The van der Waals surface area contributed by atoms with E-state index in [1.54, 1.807) is 43.3 Å². The van der Waals surface area contributed by atoms with E-state index in [2.05, 4.69) is 37.2 Å². The Morgan fingerprint density at radius 1 is 0.932 bits per heavy atom. The van der Waals surface area contributed by atoms with Gasteiger partial charge in [-0.25, -0.2) is 8.42 Å². The summed E-state index contributed by atoms with van der Waals surface area (Å²) >= 11 is 7.82. The number of nitro groups is 1. The Labute approximate surface area is 274 Å². The molecular weight excluding hydrogens is 760 g/mol. The van der Waals surface area contributed by atoms with Crippen LogP contribution < -0.4 is 9.50 Å². The van der Waals surface area contributed by atoms with Crippen molar-refractivity contribution in [1.29, 1.82) is 0 Å². The van der Waals surface area contributed by atoms with E-state index in [4.69, 9.17) is 4.18 Å². The van der Waals surface area contributed by atoms with E-state index in [1.807, 2.05) is 0 Å². The Morgan fingerprint density at radius 3 is 2.25 bits per heavy atom. The average Bonchev–Trinajstić information content (AvgIpc) is 2.96. The van der Waals surface area contributed by atoms with Gasteiger partial charge in [-0.1, -0.05) is 73.5 Å². The summed E-state index contributed by atoms with van der Waals surface area (Å²) in [5.74, 6) is -1.30. The van der Waals surface area contributed by atoms with Crippen LogP contribution in [0.25, 0.3) is 6.08 Å². The molecule has 5 rings (SSSR count). The zero-order valence-electron chi connectivity index (χ0n) is 22.5. The fourth-order valence-corrected chi connectivity index (χ4v) is 9.09. The first-order valence-corrected chi connectivity index (χ1v) is 18.0. The number of fused-ring (bicyclic) bond motifs is 1. The predicted molar refractivity (Wildman–Crippen MR) is 174 cm³/mol. The number of aryl methyl sites for hydroxylation is 1. The van der Waals surface area contributed by atoms with Gasteiger partial charge in [-0.3, -0.25) is 14.9 Å². The normalized spacial score (nSPS) is 14.2. The molecule has 0 saturated carbocycles. The van der Waals surface area contributed by atoms with Crippen LogP contribution >= 0.6 is 43.6 Å². The molecule has 44 heavy (non-hydrogen) atoms. The van der Waals surface area contributed by atoms with Crippen LogP contribution in [0.15, 0.2) is 107 Å². The summed E-state index contributed by atoms with van der Waals surface area (Å²) in [7, 11) is -8.12. The Hall–Kier alpha value is -3.50. The van der Waals surface area contributed by atoms with Crippen molar-refractivity contribution >= 4 is 86.9 Å². The molecule has 15 heteroatoms. The van der Waals surface area contributed by atoms with E-state index in [0.717, 1.165) is 29.5 Å². The zero-order chi connectivity index (χ0) is 31.8. The Kier molecular flexibility index (Phi) is 9.05. The van der Waals surface area contributed by atoms with Gasteiger partial charge >= 0.3 is 15.8 Å². The summed E-state index contributed by atoms with van der Waals surface area (Å²) in [6, 6.07) is 19.2. The lowest BCUT2D eigenvalue weighted by Gasteiger charge is -2.20. The third-order valence-electron chi connectivity index (χ3n) is 6.38. The van der Waals surface area contributed by atoms with Gasteiger partial charge in [0.2, 0.25) is 5.75 Å². The SMILES string of the molecule is Cc1ccc(S(=O)(=O)Oc2ccc(C=C3Sc4ccc(S(=O)(=O)Cc5c(Br)cccc5Br)cc4NC3=O)cc2[N+](=O)[O-])cc1. The molecule has 0 radical (unpaired) electrons. The van der Waals surface area contributed by atoms with Gasteiger partial charge in [0, 0.05) is 19.9 Å². The molecule has 4 aromatic carbocycles. The number of halogens is 2. The minimum absolute atomic E-state index is 0.0269. The van der Waals surface area contributed by atoms with Gasteiger partial charge in [0.1, 0.15) is 4.90 Å². The van der Waals surface area contributed by atoms with Crippen molar-refractivity contribution in [2.45, 2.75) is 27.4 Å². The standard InChI is InChI=1S/C29H20Br2N2O8S3/c1-17-5-8-19(9-6-17)44(39,40)41-26-11-7-18(13-25(26)33(35)36)14-28-29(34)32-24-15-20(10-12-27(24)42-28)43(37,38)16-21-22(30)3-2-4-23(21)31/h2-15H,16H2,1H3,(H,32,34). The Balaban J connectivity index is 1.39. The lowest BCUT2D eigenvalue weighted by Crippen LogP contribution is -2.18. The fourth-order valence-electron chi connectivity index (χ4n) is 4.14. The maximum Gasteiger partial charge on any atom is 0.339 e. The number of amides is 1. The zero-order valence-corrected chi connectivity index (χ0v) is 28.1. The molecule has 0 unspecified atom stereocenters. The molecular formula is C29H20Br2N2O8S3. The van der Waals surface area contributed by atoms with Crippen LogP contribution in [-0.4, -0.2) is 27.7 Å². The van der Waals surface area contributed by atoms with Crippen molar-refractivity contribution < 1.29 is 30.7 Å². The number of nitrogens with zero attached hydrogens (tertiary/aromatic N) is 1. The lowest BCUT2D eigenvalue weighted by atomic mass is 10.1. The number of nitro benzene ring substituents is 1. The van der Waals surface area contributed by atoms with Gasteiger partial charge in [0.15, 0.2) is 9.84 Å². The topological polar surface area (TPSA) is 150 Å². The summed E-state index contributed by atoms with van der Waals surface area (Å²) in [4.78, 5) is 24.6. The summed E-state index contributed by atoms with van der Waals surface area (Å²) in [5.41, 5.74) is 1.33. The highest BCUT2D eigenvalue weighted by molar-refractivity contribution is 9.11. The Morgan fingerprint density at radius 2 is 1.59 bits per heavy atom. The van der Waals surface area contributed by atoms with Gasteiger partial charge < -0.3 is 9.50 Å². The molecule has 0 fully saturated rings. The molecule has 1 heterocycles. The number of hydrogen-bond donors (Lipinski definition) is 1. The second-order valence-corrected chi connectivity index (χ2v) is 15.8. The third-order valence-corrected chi connectivity index (χ3v) is 11.9. The number of sulfone groups is 1. The number of anilines is 1. The molecule has 10 nitrogen and oxygen atoms in total. The van der Waals surface area contributed by atoms with E-state index in [0.29, 0.717) is 25.1 Å². The molecule has 1 aliphatic heterocycles. The summed E-state index contributed by atoms with van der Waals surface area (Å²) in [6.45, 7) is 1.78. The third kappa shape index (κ3) is 6.91. The monoisotopic (exact) mass is 778 g/mol. The van der Waals surface area contributed by atoms with Crippen molar-refractivity contribution in [2.75, 3.05) is 5.32 Å². The van der Waals surface area contributed by atoms with Crippen LogP contribution in [0.2, 0.25) is 0 Å². The Bertz CT molecular complexity index is 2060. The van der Waals surface area contributed by atoms with Crippen LogP contribution in [0.5, 0.6) is 5.75 Å². The number of thioether (sulfide) groups is 1. The van der Waals surface area contributed by atoms with Gasteiger partial charge in [-0.05, 0) is 72.7 Å². The molecule has 1 amide bonds. The van der Waals surface area contributed by atoms with Crippen molar-refractivity contribution in [3.8, 4) is 5.75 Å². The van der Waals surface area contributed by atoms with Gasteiger partial charge in [0.25, 0.3) is 5.91 Å². The molecule has 0 spiro atoms. The number of hydrogen-bond acceptors (Lipinski definition) is 9. The summed E-state index contributed by atoms with van der Waals surface area (Å²) in [5, 5.41) is 14.5. The van der Waals surface area contributed by atoms with Crippen LogP contribution in [0.1, 0.15) is 16.7 Å². The molecule has 1 aliphatic rings. The fraction of sp³-hybridized carbons (Fsp3) is 0.0690. The van der Waals surface area contributed by atoms with Crippen molar-refractivity contribution in [3.63, 3.8) is 0 Å². The molecule has 0 aliphatic carbocycles. The average molecular weight is 780 g/mol. The van der Waals surface area contributed by atoms with Crippen LogP contribution in [-0.2, 0) is 30.5 Å². The number of carbonyl (C=O) groups excluding carboxylic acids is 1. The second-order valence-electron chi connectivity index (χ2n) is 9.52. The number of nitrogens with one attached hydrogen (secondary N) is 1. The van der Waals surface area contributed by atoms with Crippen LogP contribution in [0.4, 0.5) is 11.4 Å². The number of carbonyl (C=O) groups is 1. The molecule has 4 aromatic rings. The summed E-state index contributed by atoms with van der Waals surface area (Å²) in [6.07, 6.45) is 1.41. The van der Waals surface area contributed by atoms with Crippen molar-refractivity contribution in [3.05, 3.63) is 120 Å².